The van der Waals surface area contributed by atoms with Crippen molar-refractivity contribution in [2.24, 2.45) is 5.92 Å². The summed E-state index contributed by atoms with van der Waals surface area (Å²) in [6.45, 7) is 0.187. The van der Waals surface area contributed by atoms with E-state index in [9.17, 15) is 19.3 Å². The predicted octanol–water partition coefficient (Wildman–Crippen LogP) is 1.61. The molecule has 0 spiro atoms. The van der Waals surface area contributed by atoms with Crippen LogP contribution in [0, 0.1) is 33.2 Å². The highest BCUT2D eigenvalue weighted by molar-refractivity contribution is 5.96. The normalized spacial score (nSPS) is 18.8. The molecule has 1 heterocycles. The van der Waals surface area contributed by atoms with E-state index in [1.54, 1.807) is 0 Å². The van der Waals surface area contributed by atoms with Crippen molar-refractivity contribution in [2.45, 2.75) is 6.42 Å². The monoisotopic (exact) mass is 249 g/mol. The number of nitro groups is 1. The molecule has 1 saturated heterocycles. The first kappa shape index (κ1) is 12.0. The van der Waals surface area contributed by atoms with Crippen molar-refractivity contribution < 1.29 is 14.1 Å². The molecule has 0 radical (unpaired) electrons. The Balaban J connectivity index is 2.31. The number of carbonyl (C=O) groups is 1. The third kappa shape index (κ3) is 2.00. The van der Waals surface area contributed by atoms with Crippen LogP contribution in [0.2, 0.25) is 0 Å². The maximum absolute atomic E-state index is 13.4. The average molecular weight is 249 g/mol. The molecule has 1 fully saturated rings. The number of carbonyl (C=O) groups excluding carboxylic acids is 1. The average Bonchev–Trinajstić information content (AvgIpc) is 2.70. The van der Waals surface area contributed by atoms with Gasteiger partial charge in [-0.05, 0) is 6.07 Å². The fraction of sp³-hybridized carbons (Fsp3) is 0.273. The van der Waals surface area contributed by atoms with Gasteiger partial charge in [-0.3, -0.25) is 14.9 Å². The SMILES string of the molecule is N#CC1CC(=O)N(c2ccc([N+](=O)[O-])c(F)c2)C1. The molecule has 6 nitrogen and oxygen atoms in total. The summed E-state index contributed by atoms with van der Waals surface area (Å²) in [7, 11) is 0. The first-order valence-electron chi connectivity index (χ1n) is 5.17. The number of hydrogen-bond acceptors (Lipinski definition) is 4. The Morgan fingerprint density at radius 1 is 1.56 bits per heavy atom. The quantitative estimate of drug-likeness (QED) is 0.588. The standard InChI is InChI=1S/C11H8FN3O3/c12-9-4-8(1-2-10(9)15(17)18)14-6-7(5-13)3-11(14)16/h1-2,4,7H,3,6H2. The van der Waals surface area contributed by atoms with E-state index in [4.69, 9.17) is 5.26 Å². The van der Waals surface area contributed by atoms with Gasteiger partial charge in [0.1, 0.15) is 0 Å². The second-order valence-electron chi connectivity index (χ2n) is 3.93. The number of hydrogen-bond donors (Lipinski definition) is 0. The van der Waals surface area contributed by atoms with Gasteiger partial charge in [0.15, 0.2) is 0 Å². The molecule has 7 heteroatoms. The zero-order valence-corrected chi connectivity index (χ0v) is 9.17. The first-order valence-corrected chi connectivity index (χ1v) is 5.17. The minimum atomic E-state index is -0.995. The van der Waals surface area contributed by atoms with Crippen LogP contribution < -0.4 is 4.90 Å². The van der Waals surface area contributed by atoms with Crippen LogP contribution in [-0.2, 0) is 4.79 Å². The van der Waals surface area contributed by atoms with E-state index >= 15 is 0 Å². The highest BCUT2D eigenvalue weighted by Crippen LogP contribution is 2.28. The zero-order valence-electron chi connectivity index (χ0n) is 9.17. The van der Waals surface area contributed by atoms with Crippen molar-refractivity contribution in [3.8, 4) is 6.07 Å². The molecule has 18 heavy (non-hydrogen) atoms. The number of amides is 1. The van der Waals surface area contributed by atoms with Gasteiger partial charge < -0.3 is 4.90 Å². The van der Waals surface area contributed by atoms with E-state index in [1.807, 2.05) is 6.07 Å². The summed E-state index contributed by atoms with van der Waals surface area (Å²) in [4.78, 5) is 22.5. The number of nitriles is 1. The Morgan fingerprint density at radius 3 is 2.78 bits per heavy atom. The van der Waals surface area contributed by atoms with Gasteiger partial charge in [0.05, 0.1) is 16.9 Å². The van der Waals surface area contributed by atoms with Crippen LogP contribution >= 0.6 is 0 Å². The Labute approximate surface area is 101 Å². The second kappa shape index (κ2) is 4.41. The minimum Gasteiger partial charge on any atom is -0.311 e. The van der Waals surface area contributed by atoms with E-state index in [2.05, 4.69) is 0 Å². The summed E-state index contributed by atoms with van der Waals surface area (Å²) >= 11 is 0. The Hall–Kier alpha value is -2.49. The molecule has 0 N–H and O–H groups in total. The second-order valence-corrected chi connectivity index (χ2v) is 3.93. The summed E-state index contributed by atoms with van der Waals surface area (Å²) in [6.07, 6.45) is 0.0924. The summed E-state index contributed by atoms with van der Waals surface area (Å²) in [5, 5.41) is 19.2. The van der Waals surface area contributed by atoms with Gasteiger partial charge in [-0.1, -0.05) is 0 Å². The van der Waals surface area contributed by atoms with Crippen LogP contribution in [0.5, 0.6) is 0 Å². The van der Waals surface area contributed by atoms with Crippen molar-refractivity contribution in [2.75, 3.05) is 11.4 Å². The zero-order chi connectivity index (χ0) is 13.3. The molecule has 0 bridgehead atoms. The molecule has 92 valence electrons. The third-order valence-corrected chi connectivity index (χ3v) is 2.75. The summed E-state index contributed by atoms with van der Waals surface area (Å²) in [5.41, 5.74) is -0.400. The molecule has 0 saturated carbocycles. The maximum atomic E-state index is 13.4. The molecule has 2 rings (SSSR count). The summed E-state index contributed by atoms with van der Waals surface area (Å²) in [6, 6.07) is 5.23. The van der Waals surface area contributed by atoms with E-state index in [-0.39, 0.29) is 24.6 Å². The van der Waals surface area contributed by atoms with Crippen molar-refractivity contribution in [1.29, 1.82) is 5.26 Å². The molecular weight excluding hydrogens is 241 g/mol. The van der Waals surface area contributed by atoms with Crippen molar-refractivity contribution >= 4 is 17.3 Å². The van der Waals surface area contributed by atoms with Gasteiger partial charge in [-0.25, -0.2) is 0 Å². The van der Waals surface area contributed by atoms with E-state index < -0.39 is 22.3 Å². The molecule has 1 aliphatic rings. The smallest absolute Gasteiger partial charge is 0.304 e. The van der Waals surface area contributed by atoms with Crippen LogP contribution in [0.4, 0.5) is 15.8 Å². The lowest BCUT2D eigenvalue weighted by Crippen LogP contribution is -2.24. The number of rotatable bonds is 2. The fourth-order valence-electron chi connectivity index (χ4n) is 1.86. The topological polar surface area (TPSA) is 87.2 Å². The van der Waals surface area contributed by atoms with E-state index in [0.29, 0.717) is 0 Å². The van der Waals surface area contributed by atoms with Gasteiger partial charge in [-0.15, -0.1) is 0 Å². The maximum Gasteiger partial charge on any atom is 0.304 e. The lowest BCUT2D eigenvalue weighted by Gasteiger charge is -2.15. The summed E-state index contributed by atoms with van der Waals surface area (Å²) in [5.74, 6) is -1.70. The fourth-order valence-corrected chi connectivity index (χ4v) is 1.86. The van der Waals surface area contributed by atoms with Crippen LogP contribution in [0.15, 0.2) is 18.2 Å². The number of halogens is 1. The van der Waals surface area contributed by atoms with Gasteiger partial charge in [0, 0.05) is 30.8 Å². The predicted molar refractivity (Wildman–Crippen MR) is 59.1 cm³/mol. The number of anilines is 1. The lowest BCUT2D eigenvalue weighted by molar-refractivity contribution is -0.387. The Kier molecular flexibility index (Phi) is 2.93. The van der Waals surface area contributed by atoms with Crippen molar-refractivity contribution in [1.82, 2.24) is 0 Å². The Bertz CT molecular complexity index is 567. The number of nitrogens with zero attached hydrogens (tertiary/aromatic N) is 3. The van der Waals surface area contributed by atoms with Gasteiger partial charge in [0.25, 0.3) is 0 Å². The Morgan fingerprint density at radius 2 is 2.28 bits per heavy atom. The van der Waals surface area contributed by atoms with Crippen molar-refractivity contribution in [3.05, 3.63) is 34.1 Å². The molecule has 1 atom stereocenters. The van der Waals surface area contributed by atoms with Gasteiger partial charge in [0.2, 0.25) is 11.7 Å². The lowest BCUT2D eigenvalue weighted by atomic mass is 10.1. The molecule has 0 aliphatic carbocycles. The number of nitro benzene ring substituents is 1. The van der Waals surface area contributed by atoms with E-state index in [1.165, 1.54) is 11.0 Å². The highest BCUT2D eigenvalue weighted by atomic mass is 19.1. The third-order valence-electron chi connectivity index (χ3n) is 2.75. The summed E-state index contributed by atoms with van der Waals surface area (Å²) < 4.78 is 13.4. The van der Waals surface area contributed by atoms with Crippen LogP contribution in [0.25, 0.3) is 0 Å². The molecule has 1 unspecified atom stereocenters. The van der Waals surface area contributed by atoms with Crippen LogP contribution in [0.3, 0.4) is 0 Å². The molecule has 1 aliphatic heterocycles. The number of benzene rings is 1. The molecular formula is C11H8FN3O3. The minimum absolute atomic E-state index is 0.0924. The molecule has 1 aromatic carbocycles. The highest BCUT2D eigenvalue weighted by Gasteiger charge is 2.31. The van der Waals surface area contributed by atoms with Crippen molar-refractivity contribution in [3.63, 3.8) is 0 Å². The molecule has 1 amide bonds. The largest absolute Gasteiger partial charge is 0.311 e. The van der Waals surface area contributed by atoms with Gasteiger partial charge >= 0.3 is 5.69 Å². The van der Waals surface area contributed by atoms with Crippen LogP contribution in [0.1, 0.15) is 6.42 Å². The van der Waals surface area contributed by atoms with Gasteiger partial charge in [-0.2, -0.15) is 9.65 Å². The first-order chi connectivity index (χ1) is 8.52. The van der Waals surface area contributed by atoms with Crippen LogP contribution in [-0.4, -0.2) is 17.4 Å². The molecule has 0 aromatic heterocycles. The van der Waals surface area contributed by atoms with E-state index in [0.717, 1.165) is 12.1 Å². The molecule has 1 aromatic rings.